The Morgan fingerprint density at radius 3 is 2.68 bits per heavy atom. The van der Waals surface area contributed by atoms with Gasteiger partial charge in [0.2, 0.25) is 0 Å². The van der Waals surface area contributed by atoms with Gasteiger partial charge in [-0.3, -0.25) is 0 Å². The van der Waals surface area contributed by atoms with Crippen LogP contribution in [-0.4, -0.2) is 56.8 Å². The zero-order valence-electron chi connectivity index (χ0n) is 12.6. The predicted molar refractivity (Wildman–Crippen MR) is 79.3 cm³/mol. The lowest BCUT2D eigenvalue weighted by Crippen LogP contribution is -2.48. The van der Waals surface area contributed by atoms with E-state index in [1.807, 2.05) is 6.92 Å². The van der Waals surface area contributed by atoms with Gasteiger partial charge in [-0.1, -0.05) is 13.8 Å². The first kappa shape index (κ1) is 16.9. The molecule has 1 N–H and O–H groups in total. The van der Waals surface area contributed by atoms with Crippen molar-refractivity contribution >= 4 is 10.2 Å². The molecule has 1 rings (SSSR count). The monoisotopic (exact) mass is 291 g/mol. The summed E-state index contributed by atoms with van der Waals surface area (Å²) >= 11 is 0. The highest BCUT2D eigenvalue weighted by atomic mass is 32.2. The van der Waals surface area contributed by atoms with Crippen LogP contribution in [0, 0.1) is 5.92 Å². The van der Waals surface area contributed by atoms with E-state index in [1.54, 1.807) is 11.4 Å². The molecule has 1 unspecified atom stereocenters. The van der Waals surface area contributed by atoms with Crippen LogP contribution in [0.4, 0.5) is 0 Å². The van der Waals surface area contributed by atoms with E-state index in [0.717, 1.165) is 38.8 Å². The molecule has 0 aromatic rings. The number of hydrogen-bond acceptors (Lipinski definition) is 3. The van der Waals surface area contributed by atoms with E-state index < -0.39 is 10.2 Å². The summed E-state index contributed by atoms with van der Waals surface area (Å²) in [6.45, 7) is 8.01. The van der Waals surface area contributed by atoms with Crippen molar-refractivity contribution < 1.29 is 8.42 Å². The van der Waals surface area contributed by atoms with Gasteiger partial charge in [-0.25, -0.2) is 0 Å². The predicted octanol–water partition coefficient (Wildman–Crippen LogP) is 1.28. The highest BCUT2D eigenvalue weighted by Crippen LogP contribution is 2.20. The van der Waals surface area contributed by atoms with Gasteiger partial charge in [0.15, 0.2) is 0 Å². The van der Waals surface area contributed by atoms with Gasteiger partial charge < -0.3 is 5.32 Å². The Kier molecular flexibility index (Phi) is 7.28. The normalized spacial score (nSPS) is 22.0. The Bertz CT molecular complexity index is 346. The average molecular weight is 291 g/mol. The summed E-state index contributed by atoms with van der Waals surface area (Å²) in [5.74, 6) is 0.449. The van der Waals surface area contributed by atoms with Gasteiger partial charge in [0.1, 0.15) is 0 Å². The molecule has 0 aliphatic carbocycles. The fourth-order valence-electron chi connectivity index (χ4n) is 2.51. The molecule has 0 amide bonds. The van der Waals surface area contributed by atoms with Crippen LogP contribution in [0.5, 0.6) is 0 Å². The number of nitrogens with one attached hydrogen (secondary N) is 1. The number of hydrogen-bond donors (Lipinski definition) is 1. The van der Waals surface area contributed by atoms with Crippen LogP contribution in [0.3, 0.4) is 0 Å². The molecule has 6 heteroatoms. The maximum atomic E-state index is 12.4. The van der Waals surface area contributed by atoms with Gasteiger partial charge in [-0.05, 0) is 44.7 Å². The number of rotatable bonds is 8. The zero-order valence-corrected chi connectivity index (χ0v) is 13.4. The molecular formula is C13H29N3O2S. The third-order valence-corrected chi connectivity index (χ3v) is 5.55. The second-order valence-corrected chi connectivity index (χ2v) is 7.44. The highest BCUT2D eigenvalue weighted by Gasteiger charge is 2.31. The first-order valence-electron chi connectivity index (χ1n) is 7.44. The number of piperidine rings is 1. The summed E-state index contributed by atoms with van der Waals surface area (Å²) in [5, 5.41) is 3.40. The van der Waals surface area contributed by atoms with Crippen LogP contribution >= 0.6 is 0 Å². The Balaban J connectivity index is 2.53. The maximum Gasteiger partial charge on any atom is 0.281 e. The van der Waals surface area contributed by atoms with E-state index in [-0.39, 0.29) is 0 Å². The molecule has 1 heterocycles. The molecule has 0 aromatic carbocycles. The molecule has 0 spiro atoms. The van der Waals surface area contributed by atoms with Gasteiger partial charge in [-0.2, -0.15) is 17.0 Å². The molecule has 0 saturated carbocycles. The SMILES string of the molecule is CCCNCC1CCCN(S(=O)(=O)N(C)CCC)C1. The van der Waals surface area contributed by atoms with Gasteiger partial charge in [0, 0.05) is 26.7 Å². The Hall–Kier alpha value is -0.170. The molecular weight excluding hydrogens is 262 g/mol. The molecule has 1 fully saturated rings. The standard InChI is InChI=1S/C13H29N3O2S/c1-4-8-14-11-13-7-6-10-16(12-13)19(17,18)15(3)9-5-2/h13-14H,4-12H2,1-3H3. The fraction of sp³-hybridized carbons (Fsp3) is 1.00. The highest BCUT2D eigenvalue weighted by molar-refractivity contribution is 7.86. The lowest BCUT2D eigenvalue weighted by molar-refractivity contribution is 0.246. The van der Waals surface area contributed by atoms with Crippen LogP contribution in [-0.2, 0) is 10.2 Å². The zero-order chi connectivity index (χ0) is 14.3. The topological polar surface area (TPSA) is 52.7 Å². The largest absolute Gasteiger partial charge is 0.316 e. The van der Waals surface area contributed by atoms with Crippen molar-refractivity contribution in [3.8, 4) is 0 Å². The van der Waals surface area contributed by atoms with E-state index in [4.69, 9.17) is 0 Å². The summed E-state index contributed by atoms with van der Waals surface area (Å²) in [4.78, 5) is 0. The van der Waals surface area contributed by atoms with Crippen molar-refractivity contribution in [1.29, 1.82) is 0 Å². The second kappa shape index (κ2) is 8.19. The van der Waals surface area contributed by atoms with Gasteiger partial charge in [-0.15, -0.1) is 0 Å². The van der Waals surface area contributed by atoms with E-state index in [0.29, 0.717) is 25.6 Å². The van der Waals surface area contributed by atoms with Crippen molar-refractivity contribution in [2.45, 2.75) is 39.5 Å². The third kappa shape index (κ3) is 5.02. The molecule has 114 valence electrons. The minimum Gasteiger partial charge on any atom is -0.316 e. The minimum absolute atomic E-state index is 0.449. The quantitative estimate of drug-likeness (QED) is 0.686. The number of nitrogens with zero attached hydrogens (tertiary/aromatic N) is 2. The second-order valence-electron chi connectivity index (χ2n) is 5.40. The molecule has 1 saturated heterocycles. The Morgan fingerprint density at radius 2 is 2.05 bits per heavy atom. The summed E-state index contributed by atoms with van der Waals surface area (Å²) in [6, 6.07) is 0. The first-order chi connectivity index (χ1) is 9.02. The van der Waals surface area contributed by atoms with Crippen LogP contribution in [0.1, 0.15) is 39.5 Å². The molecule has 1 aliphatic rings. The van der Waals surface area contributed by atoms with Crippen molar-refractivity contribution in [2.75, 3.05) is 39.8 Å². The van der Waals surface area contributed by atoms with Crippen molar-refractivity contribution in [2.24, 2.45) is 5.92 Å². The minimum atomic E-state index is -3.25. The van der Waals surface area contributed by atoms with Crippen molar-refractivity contribution in [1.82, 2.24) is 13.9 Å². The summed E-state index contributed by atoms with van der Waals surface area (Å²) in [7, 11) is -1.57. The van der Waals surface area contributed by atoms with E-state index >= 15 is 0 Å². The van der Waals surface area contributed by atoms with E-state index in [9.17, 15) is 8.42 Å². The Labute approximate surface area is 118 Å². The first-order valence-corrected chi connectivity index (χ1v) is 8.84. The van der Waals surface area contributed by atoms with Gasteiger partial charge >= 0.3 is 0 Å². The molecule has 1 aliphatic heterocycles. The fourth-order valence-corrected chi connectivity index (χ4v) is 4.08. The van der Waals surface area contributed by atoms with Crippen molar-refractivity contribution in [3.05, 3.63) is 0 Å². The van der Waals surface area contributed by atoms with Crippen molar-refractivity contribution in [3.63, 3.8) is 0 Å². The van der Waals surface area contributed by atoms with E-state index in [2.05, 4.69) is 12.2 Å². The average Bonchev–Trinajstić information content (AvgIpc) is 2.39. The molecule has 0 bridgehead atoms. The van der Waals surface area contributed by atoms with Gasteiger partial charge in [0.25, 0.3) is 10.2 Å². The van der Waals surface area contributed by atoms with Crippen LogP contribution < -0.4 is 5.32 Å². The lowest BCUT2D eigenvalue weighted by Gasteiger charge is -2.34. The van der Waals surface area contributed by atoms with Gasteiger partial charge in [0.05, 0.1) is 0 Å². The summed E-state index contributed by atoms with van der Waals surface area (Å²) in [5.41, 5.74) is 0. The van der Waals surface area contributed by atoms with Crippen LogP contribution in [0.25, 0.3) is 0 Å². The molecule has 19 heavy (non-hydrogen) atoms. The summed E-state index contributed by atoms with van der Waals surface area (Å²) in [6.07, 6.45) is 4.07. The van der Waals surface area contributed by atoms with Crippen LogP contribution in [0.2, 0.25) is 0 Å². The maximum absolute atomic E-state index is 12.4. The molecule has 5 nitrogen and oxygen atoms in total. The van der Waals surface area contributed by atoms with E-state index in [1.165, 1.54) is 4.31 Å². The molecule has 0 radical (unpaired) electrons. The summed E-state index contributed by atoms with van der Waals surface area (Å²) < 4.78 is 27.9. The molecule has 1 atom stereocenters. The Morgan fingerprint density at radius 1 is 1.32 bits per heavy atom. The smallest absolute Gasteiger partial charge is 0.281 e. The lowest BCUT2D eigenvalue weighted by atomic mass is 10.00. The molecule has 0 aromatic heterocycles. The third-order valence-electron chi connectivity index (χ3n) is 3.60. The van der Waals surface area contributed by atoms with Crippen LogP contribution in [0.15, 0.2) is 0 Å².